The first-order valence-corrected chi connectivity index (χ1v) is 11.6. The maximum Gasteiger partial charge on any atom is 0.263 e. The summed E-state index contributed by atoms with van der Waals surface area (Å²) >= 11 is 1.29. The van der Waals surface area contributed by atoms with E-state index >= 15 is 0 Å². The molecule has 30 heavy (non-hydrogen) atoms. The third-order valence-corrected chi connectivity index (χ3v) is 7.28. The third-order valence-electron chi connectivity index (χ3n) is 4.69. The van der Waals surface area contributed by atoms with E-state index in [2.05, 4.69) is 15.0 Å². The predicted molar refractivity (Wildman–Crippen MR) is 112 cm³/mol. The molecule has 9 heteroatoms. The number of aryl methyl sites for hydroxylation is 2. The predicted octanol–water partition coefficient (Wildman–Crippen LogP) is 5.28. The van der Waals surface area contributed by atoms with Crippen LogP contribution in [-0.4, -0.2) is 23.4 Å². The Balaban J connectivity index is 1.82. The number of hydrogen-bond donors (Lipinski definition) is 0. The highest BCUT2D eigenvalue weighted by Crippen LogP contribution is 2.32. The lowest BCUT2D eigenvalue weighted by Crippen LogP contribution is -2.05. The highest BCUT2D eigenvalue weighted by Gasteiger charge is 2.20. The number of rotatable bonds is 5. The molecule has 0 amide bonds. The monoisotopic (exact) mass is 445 g/mol. The molecule has 0 radical (unpaired) electrons. The van der Waals surface area contributed by atoms with Crippen molar-refractivity contribution in [2.24, 2.45) is 0 Å². The molecule has 154 valence electrons. The normalized spacial score (nSPS) is 12.0. The summed E-state index contributed by atoms with van der Waals surface area (Å²) in [6.45, 7) is 3.46. The zero-order valence-corrected chi connectivity index (χ0v) is 17.8. The summed E-state index contributed by atoms with van der Waals surface area (Å²) < 4.78 is 51.6. The van der Waals surface area contributed by atoms with Gasteiger partial charge < -0.3 is 0 Å². The number of benzene rings is 2. The number of nitrogens with zero attached hydrogens (tertiary/aromatic N) is 3. The van der Waals surface area contributed by atoms with E-state index in [1.165, 1.54) is 35.6 Å². The van der Waals surface area contributed by atoms with Crippen LogP contribution in [0.2, 0.25) is 0 Å². The summed E-state index contributed by atoms with van der Waals surface area (Å²) in [5.74, 6) is 0.283. The molecule has 2 aromatic heterocycles. The molecule has 0 aliphatic rings. The molecule has 0 unspecified atom stereocenters. The molecular formula is C21H17F2N3O2S2. The van der Waals surface area contributed by atoms with Crippen LogP contribution in [0, 0.1) is 13.8 Å². The van der Waals surface area contributed by atoms with Gasteiger partial charge in [0.2, 0.25) is 0 Å². The number of hydrogen-bond acceptors (Lipinski definition) is 6. The van der Waals surface area contributed by atoms with E-state index in [1.54, 1.807) is 37.6 Å². The van der Waals surface area contributed by atoms with Gasteiger partial charge in [-0.05, 0) is 43.7 Å². The Morgan fingerprint density at radius 1 is 1.07 bits per heavy atom. The summed E-state index contributed by atoms with van der Waals surface area (Å²) in [7, 11) is -3.58. The number of sulfone groups is 1. The molecule has 0 saturated heterocycles. The number of alkyl halides is 2. The molecule has 5 nitrogen and oxygen atoms in total. The fraction of sp³-hybridized carbons (Fsp3) is 0.190. The molecule has 0 aliphatic carbocycles. The average molecular weight is 446 g/mol. The summed E-state index contributed by atoms with van der Waals surface area (Å²) in [6.07, 6.45) is -0.979. The topological polar surface area (TPSA) is 72.8 Å². The minimum absolute atomic E-state index is 0.0538. The van der Waals surface area contributed by atoms with Crippen molar-refractivity contribution in [3.63, 3.8) is 0 Å². The van der Waals surface area contributed by atoms with Gasteiger partial charge in [0.1, 0.15) is 16.6 Å². The van der Waals surface area contributed by atoms with Crippen molar-refractivity contribution in [2.45, 2.75) is 30.9 Å². The van der Waals surface area contributed by atoms with Crippen LogP contribution < -0.4 is 0 Å². The van der Waals surface area contributed by atoms with Gasteiger partial charge in [0.25, 0.3) is 6.43 Å². The van der Waals surface area contributed by atoms with Crippen molar-refractivity contribution in [3.05, 3.63) is 69.9 Å². The van der Waals surface area contributed by atoms with Crippen LogP contribution in [0.1, 0.15) is 28.4 Å². The zero-order valence-electron chi connectivity index (χ0n) is 16.1. The van der Waals surface area contributed by atoms with Crippen molar-refractivity contribution >= 4 is 32.1 Å². The van der Waals surface area contributed by atoms with Crippen molar-refractivity contribution in [1.29, 1.82) is 0 Å². The lowest BCUT2D eigenvalue weighted by atomic mass is 9.99. The molecule has 4 aromatic rings. The zero-order chi connectivity index (χ0) is 21.5. The number of aromatic nitrogens is 3. The lowest BCUT2D eigenvalue weighted by Gasteiger charge is -2.12. The van der Waals surface area contributed by atoms with Crippen molar-refractivity contribution in [3.8, 4) is 11.3 Å². The molecule has 2 aromatic carbocycles. The summed E-state index contributed by atoms with van der Waals surface area (Å²) in [4.78, 5) is 13.1. The van der Waals surface area contributed by atoms with Gasteiger partial charge in [0.15, 0.2) is 9.84 Å². The second-order valence-electron chi connectivity index (χ2n) is 6.86. The van der Waals surface area contributed by atoms with Gasteiger partial charge in [-0.15, -0.1) is 11.3 Å². The molecule has 0 bridgehead atoms. The highest BCUT2D eigenvalue weighted by molar-refractivity contribution is 7.90. The largest absolute Gasteiger partial charge is 0.263 e. The fourth-order valence-electron chi connectivity index (χ4n) is 3.28. The first-order valence-electron chi connectivity index (χ1n) is 9.03. The Morgan fingerprint density at radius 2 is 1.87 bits per heavy atom. The van der Waals surface area contributed by atoms with Gasteiger partial charge in [0.05, 0.1) is 16.1 Å². The average Bonchev–Trinajstić information content (AvgIpc) is 3.19. The molecule has 0 aliphatic heterocycles. The Bertz CT molecular complexity index is 1340. The SMILES string of the molecule is Cc1nc(-c2ccc(C(F)F)cc2C)c2ccc(S(=O)(=O)Cc3nccs3)cc2n1. The number of thiazole rings is 1. The summed E-state index contributed by atoms with van der Waals surface area (Å²) in [6, 6.07) is 9.15. The van der Waals surface area contributed by atoms with E-state index < -0.39 is 16.3 Å². The van der Waals surface area contributed by atoms with Gasteiger partial charge in [-0.3, -0.25) is 0 Å². The van der Waals surface area contributed by atoms with Crippen LogP contribution in [0.4, 0.5) is 8.78 Å². The molecule has 0 saturated carbocycles. The van der Waals surface area contributed by atoms with E-state index in [-0.39, 0.29) is 16.2 Å². The van der Waals surface area contributed by atoms with Gasteiger partial charge >= 0.3 is 0 Å². The van der Waals surface area contributed by atoms with E-state index in [4.69, 9.17) is 0 Å². The quantitative estimate of drug-likeness (QED) is 0.418. The Morgan fingerprint density at radius 3 is 2.53 bits per heavy atom. The van der Waals surface area contributed by atoms with Crippen molar-refractivity contribution in [2.75, 3.05) is 0 Å². The van der Waals surface area contributed by atoms with Gasteiger partial charge in [-0.2, -0.15) is 0 Å². The maximum atomic E-state index is 13.0. The molecule has 0 N–H and O–H groups in total. The van der Waals surface area contributed by atoms with Crippen LogP contribution >= 0.6 is 11.3 Å². The van der Waals surface area contributed by atoms with E-state index in [1.807, 2.05) is 0 Å². The van der Waals surface area contributed by atoms with Crippen LogP contribution in [0.25, 0.3) is 22.2 Å². The molecule has 2 heterocycles. The summed E-state index contributed by atoms with van der Waals surface area (Å²) in [5.41, 5.74) is 2.37. The molecule has 0 fully saturated rings. The fourth-order valence-corrected chi connectivity index (χ4v) is 5.55. The van der Waals surface area contributed by atoms with Crippen molar-refractivity contribution < 1.29 is 17.2 Å². The minimum atomic E-state index is -3.58. The van der Waals surface area contributed by atoms with Crippen LogP contribution in [-0.2, 0) is 15.6 Å². The van der Waals surface area contributed by atoms with Crippen LogP contribution in [0.5, 0.6) is 0 Å². The number of fused-ring (bicyclic) bond motifs is 1. The third kappa shape index (κ3) is 3.95. The molecular weight excluding hydrogens is 428 g/mol. The minimum Gasteiger partial charge on any atom is -0.249 e. The Labute approximate surface area is 176 Å². The Hall–Kier alpha value is -2.78. The van der Waals surface area contributed by atoms with Gasteiger partial charge in [-0.1, -0.05) is 12.1 Å². The Kier molecular flexibility index (Phi) is 5.33. The lowest BCUT2D eigenvalue weighted by molar-refractivity contribution is 0.151. The van der Waals surface area contributed by atoms with E-state index in [0.29, 0.717) is 38.6 Å². The summed E-state index contributed by atoms with van der Waals surface area (Å²) in [5, 5.41) is 2.90. The molecule has 0 spiro atoms. The maximum absolute atomic E-state index is 13.0. The van der Waals surface area contributed by atoms with E-state index in [0.717, 1.165) is 0 Å². The van der Waals surface area contributed by atoms with Crippen LogP contribution in [0.15, 0.2) is 52.9 Å². The van der Waals surface area contributed by atoms with E-state index in [9.17, 15) is 17.2 Å². The smallest absolute Gasteiger partial charge is 0.249 e. The first-order chi connectivity index (χ1) is 14.2. The number of halogens is 2. The second kappa shape index (κ2) is 7.81. The highest BCUT2D eigenvalue weighted by atomic mass is 32.2. The first kappa shape index (κ1) is 20.5. The second-order valence-corrected chi connectivity index (χ2v) is 9.83. The van der Waals surface area contributed by atoms with Crippen LogP contribution in [0.3, 0.4) is 0 Å². The van der Waals surface area contributed by atoms with Gasteiger partial charge in [0, 0.05) is 28.1 Å². The van der Waals surface area contributed by atoms with Gasteiger partial charge in [-0.25, -0.2) is 32.2 Å². The standard InChI is InChI=1S/C21H17F2N3O2S2/c1-12-9-14(21(22)23)3-5-16(12)20-17-6-4-15(10-18(17)25-13(2)26-20)30(27,28)11-19-24-7-8-29-19/h3-10,21H,11H2,1-2H3. The molecule has 0 atom stereocenters. The molecule has 4 rings (SSSR count). The van der Waals surface area contributed by atoms with Crippen molar-refractivity contribution in [1.82, 2.24) is 15.0 Å².